The molecule has 0 fully saturated rings. The number of amides is 1. The van der Waals surface area contributed by atoms with Crippen LogP contribution in [0.4, 0.5) is 0 Å². The number of nitrogens with one attached hydrogen (secondary N) is 2. The summed E-state index contributed by atoms with van der Waals surface area (Å²) in [5.74, 6) is 0.0350. The van der Waals surface area contributed by atoms with Crippen molar-refractivity contribution in [3.05, 3.63) is 17.5 Å². The second kappa shape index (κ2) is 4.65. The van der Waals surface area contributed by atoms with Crippen LogP contribution in [0.2, 0.25) is 0 Å². The van der Waals surface area contributed by atoms with Crippen molar-refractivity contribution in [3.63, 3.8) is 0 Å². The molecule has 5 heteroatoms. The highest BCUT2D eigenvalue weighted by Gasteiger charge is 2.25. The van der Waals surface area contributed by atoms with Gasteiger partial charge in [0.25, 0.3) is 0 Å². The van der Waals surface area contributed by atoms with Crippen molar-refractivity contribution in [2.45, 2.75) is 32.3 Å². The van der Waals surface area contributed by atoms with Gasteiger partial charge in [0, 0.05) is 24.6 Å². The third-order valence-corrected chi connectivity index (χ3v) is 2.96. The number of rotatable bonds is 3. The maximum atomic E-state index is 11.8. The predicted octanol–water partition coefficient (Wildman–Crippen LogP) is 0.0116. The first kappa shape index (κ1) is 11.1. The minimum Gasteiger partial charge on any atom is -0.392 e. The molecule has 0 saturated heterocycles. The lowest BCUT2D eigenvalue weighted by atomic mass is 9.87. The number of aliphatic hydroxyl groups excluding tert-OH is 1. The zero-order valence-electron chi connectivity index (χ0n) is 9.36. The van der Waals surface area contributed by atoms with Crippen molar-refractivity contribution in [2.75, 3.05) is 6.54 Å². The lowest BCUT2D eigenvalue weighted by Crippen LogP contribution is -2.37. The van der Waals surface area contributed by atoms with Crippen LogP contribution in [0, 0.1) is 5.92 Å². The van der Waals surface area contributed by atoms with E-state index < -0.39 is 6.10 Å². The molecule has 1 aromatic rings. The van der Waals surface area contributed by atoms with Gasteiger partial charge in [0.1, 0.15) is 0 Å². The summed E-state index contributed by atoms with van der Waals surface area (Å²) < 4.78 is 0. The van der Waals surface area contributed by atoms with E-state index in [0.29, 0.717) is 6.54 Å². The quantitative estimate of drug-likeness (QED) is 0.675. The molecule has 0 aliphatic heterocycles. The Morgan fingerprint density at radius 2 is 2.62 bits per heavy atom. The molecule has 0 aromatic carbocycles. The third kappa shape index (κ3) is 2.41. The van der Waals surface area contributed by atoms with Crippen LogP contribution >= 0.6 is 0 Å². The Hall–Kier alpha value is -1.36. The number of aryl methyl sites for hydroxylation is 1. The highest BCUT2D eigenvalue weighted by molar-refractivity contribution is 5.79. The van der Waals surface area contributed by atoms with Crippen LogP contribution in [0.25, 0.3) is 0 Å². The average Bonchev–Trinajstić information content (AvgIpc) is 2.72. The van der Waals surface area contributed by atoms with Crippen LogP contribution in [-0.2, 0) is 17.6 Å². The number of carbonyl (C=O) groups excluding carboxylic acids is 1. The van der Waals surface area contributed by atoms with Crippen molar-refractivity contribution in [3.8, 4) is 0 Å². The van der Waals surface area contributed by atoms with E-state index >= 15 is 0 Å². The highest BCUT2D eigenvalue weighted by atomic mass is 16.3. The van der Waals surface area contributed by atoms with Crippen molar-refractivity contribution in [2.24, 2.45) is 5.92 Å². The van der Waals surface area contributed by atoms with Gasteiger partial charge < -0.3 is 10.4 Å². The number of hydrogen-bond acceptors (Lipinski definition) is 3. The number of aromatic nitrogens is 2. The molecule has 2 atom stereocenters. The van der Waals surface area contributed by atoms with Gasteiger partial charge in [0.05, 0.1) is 12.3 Å². The molecule has 3 N–H and O–H groups in total. The maximum absolute atomic E-state index is 11.8. The first-order chi connectivity index (χ1) is 7.66. The smallest absolute Gasteiger partial charge is 0.223 e. The summed E-state index contributed by atoms with van der Waals surface area (Å²) in [7, 11) is 0. The SMILES string of the molecule is CC(O)CNC(=O)C1CCc2cn[nH]c2C1. The summed E-state index contributed by atoms with van der Waals surface area (Å²) in [4.78, 5) is 11.8. The van der Waals surface area contributed by atoms with Crippen molar-refractivity contribution >= 4 is 5.91 Å². The molecule has 1 heterocycles. The summed E-state index contributed by atoms with van der Waals surface area (Å²) in [5, 5.41) is 18.7. The summed E-state index contributed by atoms with van der Waals surface area (Å²) >= 11 is 0. The fraction of sp³-hybridized carbons (Fsp3) is 0.636. The number of nitrogens with zero attached hydrogens (tertiary/aromatic N) is 1. The van der Waals surface area contributed by atoms with E-state index in [2.05, 4.69) is 15.5 Å². The van der Waals surface area contributed by atoms with Gasteiger partial charge >= 0.3 is 0 Å². The minimum atomic E-state index is -0.491. The number of hydrogen-bond donors (Lipinski definition) is 3. The van der Waals surface area contributed by atoms with Gasteiger partial charge in [-0.15, -0.1) is 0 Å². The fourth-order valence-corrected chi connectivity index (χ4v) is 2.02. The number of fused-ring (bicyclic) bond motifs is 1. The number of aliphatic hydroxyl groups is 1. The van der Waals surface area contributed by atoms with Crippen LogP contribution in [0.5, 0.6) is 0 Å². The van der Waals surface area contributed by atoms with Gasteiger partial charge in [-0.05, 0) is 25.3 Å². The van der Waals surface area contributed by atoms with Gasteiger partial charge in [-0.2, -0.15) is 5.10 Å². The molecular weight excluding hydrogens is 206 g/mol. The van der Waals surface area contributed by atoms with Gasteiger partial charge in [-0.3, -0.25) is 9.89 Å². The molecule has 0 saturated carbocycles. The lowest BCUT2D eigenvalue weighted by Gasteiger charge is -2.21. The topological polar surface area (TPSA) is 78.0 Å². The number of carbonyl (C=O) groups is 1. The normalized spacial score (nSPS) is 21.2. The van der Waals surface area contributed by atoms with Crippen molar-refractivity contribution in [1.82, 2.24) is 15.5 Å². The van der Waals surface area contributed by atoms with Crippen LogP contribution in [0.3, 0.4) is 0 Å². The van der Waals surface area contributed by atoms with Crippen LogP contribution in [0.15, 0.2) is 6.20 Å². The van der Waals surface area contributed by atoms with Gasteiger partial charge in [-0.1, -0.05) is 0 Å². The van der Waals surface area contributed by atoms with Crippen LogP contribution < -0.4 is 5.32 Å². The molecule has 16 heavy (non-hydrogen) atoms. The molecule has 88 valence electrons. The Morgan fingerprint density at radius 3 is 3.38 bits per heavy atom. The zero-order valence-corrected chi connectivity index (χ0v) is 9.36. The molecule has 2 unspecified atom stereocenters. The second-order valence-electron chi connectivity index (χ2n) is 4.41. The molecule has 0 spiro atoms. The third-order valence-electron chi connectivity index (χ3n) is 2.96. The lowest BCUT2D eigenvalue weighted by molar-refractivity contribution is -0.125. The first-order valence-electron chi connectivity index (χ1n) is 5.63. The standard InChI is InChI=1S/C11H17N3O2/c1-7(15)5-12-11(16)8-2-3-9-6-13-14-10(9)4-8/h6-8,15H,2-5H2,1H3,(H,12,16)(H,13,14). The molecule has 1 amide bonds. The highest BCUT2D eigenvalue weighted by Crippen LogP contribution is 2.23. The van der Waals surface area contributed by atoms with Gasteiger partial charge in [0.2, 0.25) is 5.91 Å². The second-order valence-corrected chi connectivity index (χ2v) is 4.41. The first-order valence-corrected chi connectivity index (χ1v) is 5.63. The van der Waals surface area contributed by atoms with E-state index in [1.807, 2.05) is 6.20 Å². The minimum absolute atomic E-state index is 0.00620. The molecule has 2 rings (SSSR count). The van der Waals surface area contributed by atoms with Gasteiger partial charge in [-0.25, -0.2) is 0 Å². The van der Waals surface area contributed by atoms with E-state index in [9.17, 15) is 4.79 Å². The maximum Gasteiger partial charge on any atom is 0.223 e. The van der Waals surface area contributed by atoms with Crippen LogP contribution in [0.1, 0.15) is 24.6 Å². The van der Waals surface area contributed by atoms with E-state index in [1.165, 1.54) is 5.56 Å². The Morgan fingerprint density at radius 1 is 1.81 bits per heavy atom. The number of H-pyrrole nitrogens is 1. The monoisotopic (exact) mass is 223 g/mol. The van der Waals surface area contributed by atoms with E-state index in [4.69, 9.17) is 5.11 Å². The average molecular weight is 223 g/mol. The summed E-state index contributed by atoms with van der Waals surface area (Å²) in [6.07, 6.45) is 3.83. The van der Waals surface area contributed by atoms with Crippen molar-refractivity contribution in [1.29, 1.82) is 0 Å². The van der Waals surface area contributed by atoms with E-state index in [-0.39, 0.29) is 11.8 Å². The Labute approximate surface area is 94.2 Å². The van der Waals surface area contributed by atoms with Crippen molar-refractivity contribution < 1.29 is 9.90 Å². The van der Waals surface area contributed by atoms with Crippen LogP contribution in [-0.4, -0.2) is 33.9 Å². The molecule has 0 bridgehead atoms. The summed E-state index contributed by atoms with van der Waals surface area (Å²) in [6, 6.07) is 0. The summed E-state index contributed by atoms with van der Waals surface area (Å²) in [5.41, 5.74) is 2.29. The zero-order chi connectivity index (χ0) is 11.5. The Bertz CT molecular complexity index is 373. The summed E-state index contributed by atoms with van der Waals surface area (Å²) in [6.45, 7) is 1.99. The molecule has 1 aliphatic rings. The molecular formula is C11H17N3O2. The molecule has 1 aliphatic carbocycles. The largest absolute Gasteiger partial charge is 0.392 e. The molecule has 0 radical (unpaired) electrons. The Balaban J connectivity index is 1.90. The molecule has 5 nitrogen and oxygen atoms in total. The molecule has 1 aromatic heterocycles. The predicted molar refractivity (Wildman–Crippen MR) is 58.8 cm³/mol. The van der Waals surface area contributed by atoms with E-state index in [1.54, 1.807) is 6.92 Å². The number of aromatic amines is 1. The van der Waals surface area contributed by atoms with E-state index in [0.717, 1.165) is 25.0 Å². The Kier molecular flexibility index (Phi) is 3.24. The fourth-order valence-electron chi connectivity index (χ4n) is 2.02. The van der Waals surface area contributed by atoms with Gasteiger partial charge in [0.15, 0.2) is 0 Å².